The minimum atomic E-state index is -0.173. The molecule has 0 bridgehead atoms. The molecule has 3 rings (SSSR count). The summed E-state index contributed by atoms with van der Waals surface area (Å²) in [7, 11) is 1.62. The Morgan fingerprint density at radius 3 is 2.77 bits per heavy atom. The molecule has 0 atom stereocenters. The van der Waals surface area contributed by atoms with Crippen LogP contribution in [0.5, 0.6) is 0 Å². The topological polar surface area (TPSA) is 66.9 Å². The molecule has 0 aliphatic heterocycles. The van der Waals surface area contributed by atoms with E-state index in [1.54, 1.807) is 37.0 Å². The maximum absolute atomic E-state index is 12.3. The van der Waals surface area contributed by atoms with Gasteiger partial charge in [-0.2, -0.15) is 0 Å². The minimum Gasteiger partial charge on any atom is -0.352 e. The van der Waals surface area contributed by atoms with Crippen molar-refractivity contribution in [1.29, 1.82) is 0 Å². The van der Waals surface area contributed by atoms with Gasteiger partial charge in [0.25, 0.3) is 11.5 Å². The fraction of sp³-hybridized carbons (Fsp3) is 0.211. The second kappa shape index (κ2) is 8.33. The molecule has 3 aromatic rings. The molecule has 0 saturated carbocycles. The second-order valence-corrected chi connectivity index (χ2v) is 7.38. The van der Waals surface area contributed by atoms with Crippen molar-refractivity contribution in [3.63, 3.8) is 0 Å². The number of carbonyl (C=O) groups excluding carboxylic acids is 1. The number of thioether (sulfide) groups is 1. The van der Waals surface area contributed by atoms with Gasteiger partial charge in [0.1, 0.15) is 0 Å². The highest BCUT2D eigenvalue weighted by atomic mass is 32.2. The maximum Gasteiger partial charge on any atom is 0.261 e. The highest BCUT2D eigenvalue weighted by molar-refractivity contribution is 7.99. The molecule has 7 heteroatoms. The first-order valence-corrected chi connectivity index (χ1v) is 9.65. The van der Waals surface area contributed by atoms with Gasteiger partial charge < -0.3 is 10.3 Å². The van der Waals surface area contributed by atoms with Gasteiger partial charge in [0.2, 0.25) is 0 Å². The van der Waals surface area contributed by atoms with E-state index in [0.29, 0.717) is 27.8 Å². The van der Waals surface area contributed by atoms with E-state index in [-0.39, 0.29) is 11.5 Å². The summed E-state index contributed by atoms with van der Waals surface area (Å²) in [6.07, 6.45) is 0.877. The lowest BCUT2D eigenvalue weighted by molar-refractivity contribution is 0.0954. The van der Waals surface area contributed by atoms with Crippen molar-refractivity contribution in [3.05, 3.63) is 69.2 Å². The van der Waals surface area contributed by atoms with Crippen LogP contribution in [0, 0.1) is 4.77 Å². The summed E-state index contributed by atoms with van der Waals surface area (Å²) < 4.78 is 1.71. The van der Waals surface area contributed by atoms with Gasteiger partial charge in [0, 0.05) is 24.1 Å². The number of hydrogen-bond donors (Lipinski definition) is 2. The number of rotatable bonds is 6. The monoisotopic (exact) mass is 385 g/mol. The van der Waals surface area contributed by atoms with Crippen molar-refractivity contribution < 1.29 is 4.79 Å². The van der Waals surface area contributed by atoms with Crippen LogP contribution in [0.25, 0.3) is 10.9 Å². The van der Waals surface area contributed by atoms with Crippen molar-refractivity contribution in [1.82, 2.24) is 14.9 Å². The number of carbonyl (C=O) groups is 1. The fourth-order valence-corrected chi connectivity index (χ4v) is 3.60. The Morgan fingerprint density at radius 1 is 1.23 bits per heavy atom. The molecule has 2 N–H and O–H groups in total. The van der Waals surface area contributed by atoms with E-state index in [1.807, 2.05) is 18.2 Å². The Hall–Kier alpha value is -2.38. The summed E-state index contributed by atoms with van der Waals surface area (Å²) in [5, 5.41) is 3.43. The number of benzene rings is 2. The smallest absolute Gasteiger partial charge is 0.261 e. The van der Waals surface area contributed by atoms with Crippen LogP contribution in [0.3, 0.4) is 0 Å². The SMILES string of the molecule is Cn1c(=S)[nH]c2cc(C(=O)NCCCSc3ccccc3)ccc2c1=O. The summed E-state index contributed by atoms with van der Waals surface area (Å²) in [5.74, 6) is 0.780. The molecule has 0 fully saturated rings. The average molecular weight is 386 g/mol. The highest BCUT2D eigenvalue weighted by Crippen LogP contribution is 2.17. The highest BCUT2D eigenvalue weighted by Gasteiger charge is 2.09. The summed E-state index contributed by atoms with van der Waals surface area (Å²) in [6.45, 7) is 0.600. The molecule has 0 saturated heterocycles. The lowest BCUT2D eigenvalue weighted by Crippen LogP contribution is -2.25. The Labute approximate surface area is 160 Å². The second-order valence-electron chi connectivity index (χ2n) is 5.83. The van der Waals surface area contributed by atoms with Crippen molar-refractivity contribution in [2.45, 2.75) is 11.3 Å². The molecule has 1 heterocycles. The Kier molecular flexibility index (Phi) is 5.90. The van der Waals surface area contributed by atoms with E-state index < -0.39 is 0 Å². The third-order valence-corrected chi connectivity index (χ3v) is 5.46. The van der Waals surface area contributed by atoms with E-state index in [1.165, 1.54) is 9.46 Å². The van der Waals surface area contributed by atoms with E-state index in [9.17, 15) is 9.59 Å². The van der Waals surface area contributed by atoms with Crippen LogP contribution in [0.4, 0.5) is 0 Å². The van der Waals surface area contributed by atoms with E-state index in [0.717, 1.165) is 12.2 Å². The van der Waals surface area contributed by atoms with Crippen molar-refractivity contribution in [2.24, 2.45) is 7.05 Å². The van der Waals surface area contributed by atoms with Crippen molar-refractivity contribution in [2.75, 3.05) is 12.3 Å². The maximum atomic E-state index is 12.3. The van der Waals surface area contributed by atoms with E-state index >= 15 is 0 Å². The van der Waals surface area contributed by atoms with Gasteiger partial charge in [0.05, 0.1) is 10.9 Å². The average Bonchev–Trinajstić information content (AvgIpc) is 2.66. The van der Waals surface area contributed by atoms with Crippen LogP contribution in [0.15, 0.2) is 58.2 Å². The molecule has 5 nitrogen and oxygen atoms in total. The number of amides is 1. The number of aromatic nitrogens is 2. The predicted octanol–water partition coefficient (Wildman–Crippen LogP) is 3.51. The Balaban J connectivity index is 1.59. The lowest BCUT2D eigenvalue weighted by Gasteiger charge is -2.07. The summed E-state index contributed by atoms with van der Waals surface area (Å²) in [6, 6.07) is 15.2. The van der Waals surface area contributed by atoms with Crippen LogP contribution in [0.1, 0.15) is 16.8 Å². The van der Waals surface area contributed by atoms with Crippen LogP contribution < -0.4 is 10.9 Å². The van der Waals surface area contributed by atoms with Crippen LogP contribution >= 0.6 is 24.0 Å². The molecular formula is C19H19N3O2S2. The van der Waals surface area contributed by atoms with Crippen LogP contribution in [0.2, 0.25) is 0 Å². The molecule has 0 aliphatic rings. The lowest BCUT2D eigenvalue weighted by atomic mass is 10.1. The van der Waals surface area contributed by atoms with Gasteiger partial charge in [-0.1, -0.05) is 18.2 Å². The molecular weight excluding hydrogens is 366 g/mol. The third kappa shape index (κ3) is 4.23. The zero-order chi connectivity index (χ0) is 18.5. The van der Waals surface area contributed by atoms with Gasteiger partial charge >= 0.3 is 0 Å². The number of aromatic amines is 1. The Bertz CT molecular complexity index is 1040. The largest absolute Gasteiger partial charge is 0.352 e. The fourth-order valence-electron chi connectivity index (χ4n) is 2.53. The number of hydrogen-bond acceptors (Lipinski definition) is 4. The number of fused-ring (bicyclic) bond motifs is 1. The van der Waals surface area contributed by atoms with Gasteiger partial charge in [0.15, 0.2) is 4.77 Å². The molecule has 1 amide bonds. The first kappa shape index (κ1) is 18.4. The van der Waals surface area contributed by atoms with E-state index in [2.05, 4.69) is 22.4 Å². The van der Waals surface area contributed by atoms with Crippen molar-refractivity contribution in [3.8, 4) is 0 Å². The zero-order valence-corrected chi connectivity index (χ0v) is 16.0. The van der Waals surface area contributed by atoms with Gasteiger partial charge in [-0.25, -0.2) is 0 Å². The molecule has 134 valence electrons. The first-order chi connectivity index (χ1) is 12.6. The zero-order valence-electron chi connectivity index (χ0n) is 14.3. The predicted molar refractivity (Wildman–Crippen MR) is 108 cm³/mol. The van der Waals surface area contributed by atoms with E-state index in [4.69, 9.17) is 12.2 Å². The normalized spacial score (nSPS) is 10.8. The summed E-state index contributed by atoms with van der Waals surface area (Å²) in [5.41, 5.74) is 0.908. The van der Waals surface area contributed by atoms with Gasteiger partial charge in [-0.15, -0.1) is 11.8 Å². The summed E-state index contributed by atoms with van der Waals surface area (Å²) in [4.78, 5) is 28.7. The van der Waals surface area contributed by atoms with Gasteiger partial charge in [-0.3, -0.25) is 14.2 Å². The molecule has 0 spiro atoms. The molecule has 0 unspecified atom stereocenters. The van der Waals surface area contributed by atoms with Crippen molar-refractivity contribution >= 4 is 40.8 Å². The number of H-pyrrole nitrogens is 1. The van der Waals surface area contributed by atoms with Crippen LogP contribution in [-0.4, -0.2) is 27.8 Å². The summed E-state index contributed by atoms with van der Waals surface area (Å²) >= 11 is 6.89. The first-order valence-electron chi connectivity index (χ1n) is 8.25. The minimum absolute atomic E-state index is 0.156. The number of nitrogens with one attached hydrogen (secondary N) is 2. The molecule has 0 radical (unpaired) electrons. The van der Waals surface area contributed by atoms with Gasteiger partial charge in [-0.05, 0) is 54.7 Å². The third-order valence-electron chi connectivity index (χ3n) is 3.98. The van der Waals surface area contributed by atoms with Crippen LogP contribution in [-0.2, 0) is 7.05 Å². The molecule has 1 aromatic heterocycles. The molecule has 0 aliphatic carbocycles. The molecule has 26 heavy (non-hydrogen) atoms. The Morgan fingerprint density at radius 2 is 2.00 bits per heavy atom. The quantitative estimate of drug-likeness (QED) is 0.387. The standard InChI is InChI=1S/C19H19N3O2S2/c1-22-18(24)15-9-8-13(12-16(15)21-19(22)25)17(23)20-10-5-11-26-14-6-3-2-4-7-14/h2-4,6-9,12H,5,10-11H2,1H3,(H,20,23)(H,21,25). The number of nitrogens with zero attached hydrogens (tertiary/aromatic N) is 1. The molecule has 2 aromatic carbocycles.